The molecule has 1 amide bonds. The molecule has 0 atom stereocenters. The maximum absolute atomic E-state index is 13.0. The van der Waals surface area contributed by atoms with Gasteiger partial charge in [0.15, 0.2) is 0 Å². The summed E-state index contributed by atoms with van der Waals surface area (Å²) in [4.78, 5) is 29.3. The van der Waals surface area contributed by atoms with Crippen LogP contribution in [0.25, 0.3) is 10.6 Å². The number of alkyl halides is 3. The molecule has 1 aromatic carbocycles. The number of thiophene rings is 1. The molecule has 0 radical (unpaired) electrons. The van der Waals surface area contributed by atoms with Gasteiger partial charge in [0.05, 0.1) is 10.4 Å². The summed E-state index contributed by atoms with van der Waals surface area (Å²) in [6, 6.07) is 12.3. The highest BCUT2D eigenvalue weighted by Gasteiger charge is 2.31. The highest BCUT2D eigenvalue weighted by Crippen LogP contribution is 2.32. The highest BCUT2D eigenvalue weighted by atomic mass is 32.1. The van der Waals surface area contributed by atoms with Gasteiger partial charge in [-0.25, -0.2) is 4.68 Å². The van der Waals surface area contributed by atoms with Crippen LogP contribution in [-0.2, 0) is 17.5 Å². The van der Waals surface area contributed by atoms with E-state index >= 15 is 0 Å². The van der Waals surface area contributed by atoms with Crippen molar-refractivity contribution in [3.63, 3.8) is 0 Å². The van der Waals surface area contributed by atoms with Crippen molar-refractivity contribution in [3.8, 4) is 10.6 Å². The molecule has 0 aliphatic carbocycles. The van der Waals surface area contributed by atoms with Crippen LogP contribution in [0.15, 0.2) is 58.7 Å². The number of benzene rings is 1. The predicted molar refractivity (Wildman–Crippen MR) is 121 cm³/mol. The topological polar surface area (TPSA) is 58.4 Å². The van der Waals surface area contributed by atoms with Gasteiger partial charge in [-0.05, 0) is 42.1 Å². The zero-order chi connectivity index (χ0) is 23.4. The van der Waals surface area contributed by atoms with Gasteiger partial charge in [-0.2, -0.15) is 18.3 Å². The lowest BCUT2D eigenvalue weighted by atomic mass is 10.1. The van der Waals surface area contributed by atoms with Crippen LogP contribution in [0.5, 0.6) is 0 Å². The van der Waals surface area contributed by atoms with Crippen molar-refractivity contribution in [1.29, 1.82) is 0 Å². The molecule has 33 heavy (non-hydrogen) atoms. The minimum absolute atomic E-state index is 0.0267. The second-order valence-electron chi connectivity index (χ2n) is 7.78. The SMILES string of the molecule is O=C(CCCn1nc(-c2cccs2)ccc1=O)N1CCN(c2cccc(C(F)(F)F)c2)CC1. The predicted octanol–water partition coefficient (Wildman–Crippen LogP) is 4.12. The molecule has 0 spiro atoms. The summed E-state index contributed by atoms with van der Waals surface area (Å²) < 4.78 is 40.3. The van der Waals surface area contributed by atoms with E-state index in [1.807, 2.05) is 22.4 Å². The van der Waals surface area contributed by atoms with Crippen LogP contribution in [0.2, 0.25) is 0 Å². The van der Waals surface area contributed by atoms with E-state index in [0.717, 1.165) is 22.7 Å². The Bertz CT molecular complexity index is 1150. The van der Waals surface area contributed by atoms with Gasteiger partial charge in [-0.1, -0.05) is 12.1 Å². The van der Waals surface area contributed by atoms with Crippen LogP contribution in [0, 0.1) is 0 Å². The van der Waals surface area contributed by atoms with Gasteiger partial charge in [0.1, 0.15) is 5.69 Å². The minimum Gasteiger partial charge on any atom is -0.368 e. The number of piperazine rings is 1. The number of hydrogen-bond donors (Lipinski definition) is 0. The monoisotopic (exact) mass is 476 g/mol. The third kappa shape index (κ3) is 5.62. The molecule has 1 fully saturated rings. The molecule has 174 valence electrons. The van der Waals surface area contributed by atoms with Gasteiger partial charge in [-0.3, -0.25) is 9.59 Å². The Balaban J connectivity index is 1.28. The van der Waals surface area contributed by atoms with Gasteiger partial charge in [-0.15, -0.1) is 11.3 Å². The standard InChI is InChI=1S/C23H23F3N4O2S/c24-23(25,26)17-4-1-5-18(16-17)28-11-13-29(14-12-28)21(31)7-2-10-30-22(32)9-8-19(27-30)20-6-3-15-33-20/h1,3-6,8-9,15-16H,2,7,10-14H2. The number of amides is 1. The number of rotatable bonds is 6. The highest BCUT2D eigenvalue weighted by molar-refractivity contribution is 7.13. The first-order valence-corrected chi connectivity index (χ1v) is 11.5. The maximum Gasteiger partial charge on any atom is 0.416 e. The summed E-state index contributed by atoms with van der Waals surface area (Å²) in [6.07, 6.45) is -3.62. The van der Waals surface area contributed by atoms with Gasteiger partial charge in [0.2, 0.25) is 5.91 Å². The van der Waals surface area contributed by atoms with Crippen molar-refractivity contribution in [3.05, 3.63) is 69.8 Å². The summed E-state index contributed by atoms with van der Waals surface area (Å²) in [5.41, 5.74) is 0.345. The average Bonchev–Trinajstić information content (AvgIpc) is 3.35. The first kappa shape index (κ1) is 23.0. The van der Waals surface area contributed by atoms with Crippen molar-refractivity contribution in [2.75, 3.05) is 31.1 Å². The van der Waals surface area contributed by atoms with E-state index in [4.69, 9.17) is 0 Å². The Morgan fingerprint density at radius 3 is 2.52 bits per heavy atom. The molecule has 2 aromatic heterocycles. The molecule has 0 bridgehead atoms. The largest absolute Gasteiger partial charge is 0.416 e. The minimum atomic E-state index is -4.38. The number of anilines is 1. The van der Waals surface area contributed by atoms with E-state index in [1.54, 1.807) is 28.4 Å². The Labute approximate surface area is 192 Å². The van der Waals surface area contributed by atoms with Crippen molar-refractivity contribution in [1.82, 2.24) is 14.7 Å². The van der Waals surface area contributed by atoms with Crippen LogP contribution < -0.4 is 10.5 Å². The van der Waals surface area contributed by atoms with Gasteiger partial charge in [0.25, 0.3) is 5.56 Å². The molecule has 1 saturated heterocycles. The third-order valence-corrected chi connectivity index (χ3v) is 6.46. The lowest BCUT2D eigenvalue weighted by molar-refractivity contribution is -0.137. The van der Waals surface area contributed by atoms with Crippen molar-refractivity contribution < 1.29 is 18.0 Å². The third-order valence-electron chi connectivity index (χ3n) is 5.57. The number of nitrogens with zero attached hydrogens (tertiary/aromatic N) is 4. The average molecular weight is 477 g/mol. The van der Waals surface area contributed by atoms with Crippen molar-refractivity contribution >= 4 is 22.9 Å². The van der Waals surface area contributed by atoms with Crippen LogP contribution in [-0.4, -0.2) is 46.8 Å². The van der Waals surface area contributed by atoms with Crippen LogP contribution >= 0.6 is 11.3 Å². The molecular weight excluding hydrogens is 453 g/mol. The smallest absolute Gasteiger partial charge is 0.368 e. The van der Waals surface area contributed by atoms with E-state index in [-0.39, 0.29) is 17.9 Å². The van der Waals surface area contributed by atoms with Gasteiger partial charge < -0.3 is 9.80 Å². The number of aromatic nitrogens is 2. The van der Waals surface area contributed by atoms with E-state index in [1.165, 1.54) is 16.8 Å². The normalized spacial score (nSPS) is 14.5. The quantitative estimate of drug-likeness (QED) is 0.537. The number of carbonyl (C=O) groups is 1. The van der Waals surface area contributed by atoms with Crippen LogP contribution in [0.1, 0.15) is 18.4 Å². The molecule has 3 aromatic rings. The van der Waals surface area contributed by atoms with Crippen molar-refractivity contribution in [2.24, 2.45) is 0 Å². The molecular formula is C23H23F3N4O2S. The zero-order valence-electron chi connectivity index (χ0n) is 17.8. The molecule has 4 rings (SSSR count). The van der Waals surface area contributed by atoms with E-state index in [0.29, 0.717) is 44.8 Å². The Morgan fingerprint density at radius 2 is 1.82 bits per heavy atom. The van der Waals surface area contributed by atoms with E-state index in [9.17, 15) is 22.8 Å². The first-order valence-electron chi connectivity index (χ1n) is 10.6. The van der Waals surface area contributed by atoms with Crippen LogP contribution in [0.3, 0.4) is 0 Å². The fraction of sp³-hybridized carbons (Fsp3) is 0.348. The number of aryl methyl sites for hydroxylation is 1. The number of halogens is 3. The molecule has 0 N–H and O–H groups in total. The fourth-order valence-electron chi connectivity index (χ4n) is 3.80. The van der Waals surface area contributed by atoms with Crippen LogP contribution in [0.4, 0.5) is 18.9 Å². The summed E-state index contributed by atoms with van der Waals surface area (Å²) in [6.45, 7) is 2.17. The van der Waals surface area contributed by atoms with E-state index < -0.39 is 11.7 Å². The summed E-state index contributed by atoms with van der Waals surface area (Å²) in [5.74, 6) is -0.0267. The maximum atomic E-state index is 13.0. The zero-order valence-corrected chi connectivity index (χ0v) is 18.6. The molecule has 1 aliphatic heterocycles. The molecule has 0 unspecified atom stereocenters. The second kappa shape index (κ2) is 9.78. The Kier molecular flexibility index (Phi) is 6.83. The Hall–Kier alpha value is -3.14. The summed E-state index contributed by atoms with van der Waals surface area (Å²) in [5, 5.41) is 6.34. The summed E-state index contributed by atoms with van der Waals surface area (Å²) in [7, 11) is 0. The van der Waals surface area contributed by atoms with Gasteiger partial charge in [0, 0.05) is 50.9 Å². The lowest BCUT2D eigenvalue weighted by Crippen LogP contribution is -2.48. The second-order valence-corrected chi connectivity index (χ2v) is 8.72. The molecule has 3 heterocycles. The Morgan fingerprint density at radius 1 is 1.03 bits per heavy atom. The van der Waals surface area contributed by atoms with E-state index in [2.05, 4.69) is 5.10 Å². The van der Waals surface area contributed by atoms with Gasteiger partial charge >= 0.3 is 6.18 Å². The molecule has 6 nitrogen and oxygen atoms in total. The molecule has 10 heteroatoms. The number of hydrogen-bond acceptors (Lipinski definition) is 5. The van der Waals surface area contributed by atoms with Crippen molar-refractivity contribution in [2.45, 2.75) is 25.6 Å². The molecule has 0 saturated carbocycles. The first-order chi connectivity index (χ1) is 15.8. The lowest BCUT2D eigenvalue weighted by Gasteiger charge is -2.36. The number of carbonyl (C=O) groups excluding carboxylic acids is 1. The summed E-state index contributed by atoms with van der Waals surface area (Å²) >= 11 is 1.54. The molecule has 1 aliphatic rings. The fourth-order valence-corrected chi connectivity index (χ4v) is 4.49.